The molecule has 0 atom stereocenters. The van der Waals surface area contributed by atoms with Gasteiger partial charge >= 0.3 is 5.97 Å². The molecule has 2 rings (SSSR count). The summed E-state index contributed by atoms with van der Waals surface area (Å²) in [6, 6.07) is 0.782. The van der Waals surface area contributed by atoms with E-state index in [1.54, 1.807) is 0 Å². The van der Waals surface area contributed by atoms with Crippen LogP contribution in [0.4, 0.5) is 22.0 Å². The second-order valence-corrected chi connectivity index (χ2v) is 4.21. The first-order valence-electron chi connectivity index (χ1n) is 5.16. The number of aromatic nitrogens is 1. The number of halogens is 6. The lowest BCUT2D eigenvalue weighted by atomic mass is 10.1. The number of rotatable bonds is 2. The van der Waals surface area contributed by atoms with Crippen molar-refractivity contribution in [1.82, 2.24) is 4.98 Å². The van der Waals surface area contributed by atoms with Crippen LogP contribution in [-0.4, -0.2) is 16.1 Å². The molecule has 0 aliphatic heterocycles. The molecule has 0 aliphatic rings. The van der Waals surface area contributed by atoms with Gasteiger partial charge in [0.1, 0.15) is 0 Å². The molecular formula is C12H3ClF5NO2. The monoisotopic (exact) mass is 323 g/mol. The highest BCUT2D eigenvalue weighted by atomic mass is 35.5. The first-order chi connectivity index (χ1) is 9.75. The van der Waals surface area contributed by atoms with Gasteiger partial charge < -0.3 is 5.11 Å². The first kappa shape index (κ1) is 15.2. The van der Waals surface area contributed by atoms with Crippen LogP contribution in [0.3, 0.4) is 0 Å². The molecular weight excluding hydrogens is 321 g/mol. The van der Waals surface area contributed by atoms with Crippen molar-refractivity contribution in [2.45, 2.75) is 0 Å². The van der Waals surface area contributed by atoms with Gasteiger partial charge in [0.15, 0.2) is 23.3 Å². The molecule has 0 aliphatic carbocycles. The summed E-state index contributed by atoms with van der Waals surface area (Å²) in [7, 11) is 0. The van der Waals surface area contributed by atoms with E-state index in [0.29, 0.717) is 6.20 Å². The SMILES string of the molecule is O=C(O)c1cnc(-c2c(F)c(F)c(F)c(F)c2F)c(Cl)c1. The van der Waals surface area contributed by atoms with Crippen LogP contribution in [0.5, 0.6) is 0 Å². The number of hydrogen-bond donors (Lipinski definition) is 1. The molecule has 3 nitrogen and oxygen atoms in total. The summed E-state index contributed by atoms with van der Waals surface area (Å²) in [5, 5.41) is 8.12. The van der Waals surface area contributed by atoms with Crippen LogP contribution in [0.15, 0.2) is 12.3 Å². The van der Waals surface area contributed by atoms with Gasteiger partial charge in [-0.15, -0.1) is 0 Å². The summed E-state index contributed by atoms with van der Waals surface area (Å²) in [5.41, 5.74) is -2.49. The molecule has 0 fully saturated rings. The quantitative estimate of drug-likeness (QED) is 0.519. The second-order valence-electron chi connectivity index (χ2n) is 3.80. The van der Waals surface area contributed by atoms with Gasteiger partial charge in [0.25, 0.3) is 0 Å². The van der Waals surface area contributed by atoms with E-state index >= 15 is 0 Å². The fraction of sp³-hybridized carbons (Fsp3) is 0. The predicted octanol–water partition coefficient (Wildman–Crippen LogP) is 3.80. The number of carbonyl (C=O) groups is 1. The molecule has 0 bridgehead atoms. The molecule has 110 valence electrons. The highest BCUT2D eigenvalue weighted by molar-refractivity contribution is 6.33. The Bertz CT molecular complexity index is 737. The topological polar surface area (TPSA) is 50.2 Å². The van der Waals surface area contributed by atoms with Crippen molar-refractivity contribution < 1.29 is 31.9 Å². The molecule has 1 aromatic carbocycles. The van der Waals surface area contributed by atoms with E-state index in [0.717, 1.165) is 6.07 Å². The number of carboxylic acids is 1. The van der Waals surface area contributed by atoms with E-state index in [9.17, 15) is 26.7 Å². The third-order valence-electron chi connectivity index (χ3n) is 2.53. The average Bonchev–Trinajstić information content (AvgIpc) is 2.44. The van der Waals surface area contributed by atoms with E-state index in [2.05, 4.69) is 4.98 Å². The molecule has 1 aromatic heterocycles. The van der Waals surface area contributed by atoms with Crippen LogP contribution in [-0.2, 0) is 0 Å². The Labute approximate surface area is 118 Å². The van der Waals surface area contributed by atoms with Gasteiger partial charge in [0, 0.05) is 6.20 Å². The zero-order valence-corrected chi connectivity index (χ0v) is 10.5. The minimum Gasteiger partial charge on any atom is -0.478 e. The maximum absolute atomic E-state index is 13.6. The molecule has 0 spiro atoms. The molecule has 0 radical (unpaired) electrons. The van der Waals surface area contributed by atoms with Crippen molar-refractivity contribution in [1.29, 1.82) is 0 Å². The number of carboxylic acid groups (broad SMARTS) is 1. The Morgan fingerprint density at radius 1 is 1.00 bits per heavy atom. The summed E-state index contributed by atoms with van der Waals surface area (Å²) >= 11 is 5.60. The zero-order chi connectivity index (χ0) is 15.9. The maximum atomic E-state index is 13.6. The lowest BCUT2D eigenvalue weighted by molar-refractivity contribution is 0.0696. The van der Waals surface area contributed by atoms with Gasteiger partial charge in [0.2, 0.25) is 5.82 Å². The largest absolute Gasteiger partial charge is 0.478 e. The molecule has 0 saturated heterocycles. The van der Waals surface area contributed by atoms with Crippen molar-refractivity contribution in [3.05, 3.63) is 51.9 Å². The summed E-state index contributed by atoms with van der Waals surface area (Å²) in [5.74, 6) is -12.2. The molecule has 1 heterocycles. The number of hydrogen-bond acceptors (Lipinski definition) is 2. The van der Waals surface area contributed by atoms with Crippen molar-refractivity contribution in [3.63, 3.8) is 0 Å². The van der Waals surface area contributed by atoms with E-state index in [4.69, 9.17) is 16.7 Å². The Hall–Kier alpha value is -2.22. The van der Waals surface area contributed by atoms with Crippen molar-refractivity contribution in [2.24, 2.45) is 0 Å². The van der Waals surface area contributed by atoms with Crippen molar-refractivity contribution >= 4 is 17.6 Å². The Kier molecular flexibility index (Phi) is 3.82. The zero-order valence-electron chi connectivity index (χ0n) is 9.73. The lowest BCUT2D eigenvalue weighted by Crippen LogP contribution is -2.06. The average molecular weight is 324 g/mol. The van der Waals surface area contributed by atoms with Crippen LogP contribution in [0.25, 0.3) is 11.3 Å². The molecule has 1 N–H and O–H groups in total. The van der Waals surface area contributed by atoms with Gasteiger partial charge in [-0.3, -0.25) is 4.98 Å². The first-order valence-corrected chi connectivity index (χ1v) is 5.54. The fourth-order valence-corrected chi connectivity index (χ4v) is 1.81. The molecule has 21 heavy (non-hydrogen) atoms. The second kappa shape index (κ2) is 5.28. The standard InChI is InChI=1S/C12H3ClF5NO2/c13-4-1-3(12(20)21)2-19-11(4)5-6(14)8(16)10(18)9(17)7(5)15/h1-2H,(H,20,21). The number of nitrogens with zero attached hydrogens (tertiary/aromatic N) is 1. The number of benzene rings is 1. The molecule has 9 heteroatoms. The minimum atomic E-state index is -2.31. The predicted molar refractivity (Wildman–Crippen MR) is 61.4 cm³/mol. The minimum absolute atomic E-state index is 0.410. The van der Waals surface area contributed by atoms with Crippen LogP contribution in [0.2, 0.25) is 5.02 Å². The van der Waals surface area contributed by atoms with E-state index < -0.39 is 56.9 Å². The molecule has 0 amide bonds. The smallest absolute Gasteiger partial charge is 0.337 e. The highest BCUT2D eigenvalue weighted by Crippen LogP contribution is 2.34. The van der Waals surface area contributed by atoms with Gasteiger partial charge in [-0.25, -0.2) is 26.7 Å². The molecule has 0 saturated carbocycles. The lowest BCUT2D eigenvalue weighted by Gasteiger charge is -2.09. The van der Waals surface area contributed by atoms with Gasteiger partial charge in [-0.2, -0.15) is 0 Å². The van der Waals surface area contributed by atoms with Crippen molar-refractivity contribution in [2.75, 3.05) is 0 Å². The van der Waals surface area contributed by atoms with Gasteiger partial charge in [-0.1, -0.05) is 11.6 Å². The van der Waals surface area contributed by atoms with Crippen LogP contribution in [0.1, 0.15) is 10.4 Å². The molecule has 2 aromatic rings. The Morgan fingerprint density at radius 2 is 1.48 bits per heavy atom. The van der Waals surface area contributed by atoms with E-state index in [-0.39, 0.29) is 0 Å². The number of aromatic carboxylic acids is 1. The van der Waals surface area contributed by atoms with Crippen LogP contribution in [0, 0.1) is 29.1 Å². The third kappa shape index (κ3) is 2.42. The van der Waals surface area contributed by atoms with Gasteiger partial charge in [0.05, 0.1) is 21.8 Å². The summed E-state index contributed by atoms with van der Waals surface area (Å²) in [4.78, 5) is 14.0. The normalized spacial score (nSPS) is 10.8. The Morgan fingerprint density at radius 3 is 1.90 bits per heavy atom. The fourth-order valence-electron chi connectivity index (χ4n) is 1.55. The highest BCUT2D eigenvalue weighted by Gasteiger charge is 2.28. The summed E-state index contributed by atoms with van der Waals surface area (Å²) in [6.45, 7) is 0. The molecule has 0 unspecified atom stereocenters. The van der Waals surface area contributed by atoms with Crippen molar-refractivity contribution in [3.8, 4) is 11.3 Å². The van der Waals surface area contributed by atoms with E-state index in [1.165, 1.54) is 0 Å². The van der Waals surface area contributed by atoms with Crippen LogP contribution < -0.4 is 0 Å². The Balaban J connectivity index is 2.77. The summed E-state index contributed by atoms with van der Waals surface area (Å²) < 4.78 is 66.3. The van der Waals surface area contributed by atoms with E-state index in [1.807, 2.05) is 0 Å². The van der Waals surface area contributed by atoms with Gasteiger partial charge in [-0.05, 0) is 6.07 Å². The maximum Gasteiger partial charge on any atom is 0.337 e. The number of pyridine rings is 1. The third-order valence-corrected chi connectivity index (χ3v) is 2.82. The van der Waals surface area contributed by atoms with Crippen LogP contribution >= 0.6 is 11.6 Å². The summed E-state index contributed by atoms with van der Waals surface area (Å²) in [6.07, 6.45) is 0.682.